The summed E-state index contributed by atoms with van der Waals surface area (Å²) in [6.07, 6.45) is 0. The highest BCUT2D eigenvalue weighted by Gasteiger charge is 2.06. The Morgan fingerprint density at radius 3 is 2.76 bits per heavy atom. The minimum atomic E-state index is -0.308. The van der Waals surface area contributed by atoms with Crippen LogP contribution in [-0.4, -0.2) is 16.1 Å². The standard InChI is InChI=1S/C11H8IN3O2/c12-8-3-1-2-7(6-8)11(17)13-9-4-5-10(16)15-14-9/h1-6H,(H,15,16)(H,13,14,17). The van der Waals surface area contributed by atoms with Crippen molar-refractivity contribution in [3.63, 3.8) is 0 Å². The van der Waals surface area contributed by atoms with Crippen LogP contribution in [0.3, 0.4) is 0 Å². The average molecular weight is 341 g/mol. The molecular weight excluding hydrogens is 333 g/mol. The number of halogens is 1. The van der Waals surface area contributed by atoms with E-state index >= 15 is 0 Å². The SMILES string of the molecule is O=C(Nc1ccc(=O)[nH]n1)c1cccc(I)c1. The second kappa shape index (κ2) is 5.09. The Morgan fingerprint density at radius 1 is 1.29 bits per heavy atom. The molecule has 0 fully saturated rings. The third-order valence-electron chi connectivity index (χ3n) is 2.01. The molecule has 0 bridgehead atoms. The molecule has 0 saturated heterocycles. The van der Waals surface area contributed by atoms with Gasteiger partial charge in [0.1, 0.15) is 0 Å². The topological polar surface area (TPSA) is 74.8 Å². The van der Waals surface area contributed by atoms with E-state index < -0.39 is 0 Å². The van der Waals surface area contributed by atoms with Gasteiger partial charge in [-0.1, -0.05) is 6.07 Å². The first-order valence-corrected chi connectivity index (χ1v) is 5.86. The van der Waals surface area contributed by atoms with Crippen LogP contribution >= 0.6 is 22.6 Å². The second-order valence-corrected chi connectivity index (χ2v) is 4.52. The molecule has 0 unspecified atom stereocenters. The largest absolute Gasteiger partial charge is 0.305 e. The zero-order chi connectivity index (χ0) is 12.3. The van der Waals surface area contributed by atoms with Gasteiger partial charge in [-0.3, -0.25) is 9.59 Å². The van der Waals surface area contributed by atoms with Gasteiger partial charge < -0.3 is 5.32 Å². The number of amides is 1. The van der Waals surface area contributed by atoms with Gasteiger partial charge in [0.05, 0.1) is 0 Å². The smallest absolute Gasteiger partial charge is 0.264 e. The highest BCUT2D eigenvalue weighted by molar-refractivity contribution is 14.1. The Kier molecular flexibility index (Phi) is 3.52. The number of nitrogens with zero attached hydrogens (tertiary/aromatic N) is 1. The van der Waals surface area contributed by atoms with Crippen LogP contribution in [0.4, 0.5) is 5.82 Å². The van der Waals surface area contributed by atoms with Crippen LogP contribution in [0.5, 0.6) is 0 Å². The number of carbonyl (C=O) groups excluding carboxylic acids is 1. The van der Waals surface area contributed by atoms with Gasteiger partial charge in [0.25, 0.3) is 11.5 Å². The van der Waals surface area contributed by atoms with Crippen molar-refractivity contribution in [2.75, 3.05) is 5.32 Å². The van der Waals surface area contributed by atoms with Gasteiger partial charge in [-0.25, -0.2) is 5.10 Å². The fourth-order valence-electron chi connectivity index (χ4n) is 1.23. The van der Waals surface area contributed by atoms with E-state index in [9.17, 15) is 9.59 Å². The lowest BCUT2D eigenvalue weighted by molar-refractivity contribution is 0.102. The van der Waals surface area contributed by atoms with Crippen LogP contribution < -0.4 is 10.9 Å². The van der Waals surface area contributed by atoms with Crippen molar-refractivity contribution < 1.29 is 4.79 Å². The molecule has 1 heterocycles. The third kappa shape index (κ3) is 3.13. The van der Waals surface area contributed by atoms with Crippen LogP contribution in [0.15, 0.2) is 41.2 Å². The van der Waals surface area contributed by atoms with Gasteiger partial charge in [-0.05, 0) is 46.9 Å². The number of H-pyrrole nitrogens is 1. The number of rotatable bonds is 2. The van der Waals surface area contributed by atoms with Crippen molar-refractivity contribution in [3.05, 3.63) is 55.9 Å². The fourth-order valence-corrected chi connectivity index (χ4v) is 1.78. The van der Waals surface area contributed by atoms with Crippen molar-refractivity contribution >= 4 is 34.3 Å². The van der Waals surface area contributed by atoms with Gasteiger partial charge >= 0.3 is 0 Å². The molecule has 2 rings (SSSR count). The van der Waals surface area contributed by atoms with Crippen LogP contribution in [-0.2, 0) is 0 Å². The molecule has 0 aliphatic rings. The van der Waals surface area contributed by atoms with E-state index in [0.717, 1.165) is 3.57 Å². The molecular formula is C11H8IN3O2. The predicted octanol–water partition coefficient (Wildman–Crippen LogP) is 1.63. The number of benzene rings is 1. The van der Waals surface area contributed by atoms with E-state index in [1.807, 2.05) is 6.07 Å². The lowest BCUT2D eigenvalue weighted by Crippen LogP contribution is -2.15. The molecule has 0 atom stereocenters. The van der Waals surface area contributed by atoms with Crippen molar-refractivity contribution in [3.8, 4) is 0 Å². The highest BCUT2D eigenvalue weighted by atomic mass is 127. The number of aromatic nitrogens is 2. The van der Waals surface area contributed by atoms with E-state index in [4.69, 9.17) is 0 Å². The van der Waals surface area contributed by atoms with E-state index in [2.05, 4.69) is 38.1 Å². The van der Waals surface area contributed by atoms with E-state index in [0.29, 0.717) is 11.4 Å². The normalized spacial score (nSPS) is 9.94. The van der Waals surface area contributed by atoms with Gasteiger partial charge in [0.15, 0.2) is 5.82 Å². The Labute approximate surface area is 110 Å². The Morgan fingerprint density at radius 2 is 2.12 bits per heavy atom. The molecule has 1 aromatic carbocycles. The fraction of sp³-hybridized carbons (Fsp3) is 0. The van der Waals surface area contributed by atoms with E-state index in [1.165, 1.54) is 12.1 Å². The first-order valence-electron chi connectivity index (χ1n) is 4.78. The summed E-state index contributed by atoms with van der Waals surface area (Å²) in [7, 11) is 0. The van der Waals surface area contributed by atoms with Crippen LogP contribution in [0.1, 0.15) is 10.4 Å². The third-order valence-corrected chi connectivity index (χ3v) is 2.68. The Hall–Kier alpha value is -1.70. The lowest BCUT2D eigenvalue weighted by Gasteiger charge is -2.03. The Balaban J connectivity index is 2.17. The summed E-state index contributed by atoms with van der Waals surface area (Å²) >= 11 is 2.13. The Bertz CT molecular complexity index is 589. The average Bonchev–Trinajstić information content (AvgIpc) is 2.32. The van der Waals surface area contributed by atoms with Gasteiger partial charge in [0, 0.05) is 15.2 Å². The van der Waals surface area contributed by atoms with Crippen LogP contribution in [0, 0.1) is 3.57 Å². The van der Waals surface area contributed by atoms with Crippen LogP contribution in [0.2, 0.25) is 0 Å². The molecule has 2 aromatic rings. The molecule has 17 heavy (non-hydrogen) atoms. The van der Waals surface area contributed by atoms with Crippen molar-refractivity contribution in [1.82, 2.24) is 10.2 Å². The quantitative estimate of drug-likeness (QED) is 0.816. The maximum absolute atomic E-state index is 11.8. The molecule has 0 radical (unpaired) electrons. The molecule has 86 valence electrons. The first kappa shape index (κ1) is 11.8. The summed E-state index contributed by atoms with van der Waals surface area (Å²) in [5, 5.41) is 8.53. The number of hydrogen-bond donors (Lipinski definition) is 2. The molecule has 0 spiro atoms. The minimum Gasteiger partial charge on any atom is -0.305 e. The zero-order valence-electron chi connectivity index (χ0n) is 8.61. The summed E-state index contributed by atoms with van der Waals surface area (Å²) in [4.78, 5) is 22.6. The second-order valence-electron chi connectivity index (χ2n) is 3.27. The lowest BCUT2D eigenvalue weighted by atomic mass is 10.2. The zero-order valence-corrected chi connectivity index (χ0v) is 10.8. The molecule has 2 N–H and O–H groups in total. The molecule has 1 aromatic heterocycles. The van der Waals surface area contributed by atoms with Gasteiger partial charge in [-0.15, -0.1) is 0 Å². The molecule has 6 heteroatoms. The summed E-state index contributed by atoms with van der Waals surface area (Å²) in [6.45, 7) is 0. The van der Waals surface area contributed by atoms with E-state index in [-0.39, 0.29) is 11.5 Å². The molecule has 0 aliphatic carbocycles. The van der Waals surface area contributed by atoms with Crippen LogP contribution in [0.25, 0.3) is 0 Å². The first-order chi connectivity index (χ1) is 8.15. The summed E-state index contributed by atoms with van der Waals surface area (Å²) < 4.78 is 0.977. The number of anilines is 1. The number of aromatic amines is 1. The minimum absolute atomic E-state index is 0.261. The summed E-state index contributed by atoms with van der Waals surface area (Å²) in [6, 6.07) is 9.93. The van der Waals surface area contributed by atoms with Crippen molar-refractivity contribution in [2.24, 2.45) is 0 Å². The predicted molar refractivity (Wildman–Crippen MR) is 72.0 cm³/mol. The molecule has 5 nitrogen and oxygen atoms in total. The highest BCUT2D eigenvalue weighted by Crippen LogP contribution is 2.09. The maximum Gasteiger partial charge on any atom is 0.264 e. The van der Waals surface area contributed by atoms with Gasteiger partial charge in [-0.2, -0.15) is 5.10 Å². The number of nitrogens with one attached hydrogen (secondary N) is 2. The molecule has 0 saturated carbocycles. The summed E-state index contributed by atoms with van der Waals surface area (Å²) in [5.41, 5.74) is 0.238. The maximum atomic E-state index is 11.8. The number of carbonyl (C=O) groups is 1. The molecule has 0 aliphatic heterocycles. The number of hydrogen-bond acceptors (Lipinski definition) is 3. The summed E-state index contributed by atoms with van der Waals surface area (Å²) in [5.74, 6) is 0.0523. The van der Waals surface area contributed by atoms with Gasteiger partial charge in [0.2, 0.25) is 0 Å². The van der Waals surface area contributed by atoms with E-state index in [1.54, 1.807) is 18.2 Å². The van der Waals surface area contributed by atoms with Crippen molar-refractivity contribution in [1.29, 1.82) is 0 Å². The molecule has 1 amide bonds. The monoisotopic (exact) mass is 341 g/mol. The van der Waals surface area contributed by atoms with Crippen molar-refractivity contribution in [2.45, 2.75) is 0 Å².